The number of methoxy groups -OCH3 is 1. The number of ether oxygens (including phenoxy) is 2. The van der Waals surface area contributed by atoms with E-state index in [0.717, 1.165) is 18.7 Å². The molecule has 0 spiro atoms. The van der Waals surface area contributed by atoms with E-state index in [1.54, 1.807) is 13.2 Å². The highest BCUT2D eigenvalue weighted by atomic mass is 19.1. The molecule has 1 fully saturated rings. The summed E-state index contributed by atoms with van der Waals surface area (Å²) in [7, 11) is 1.66. The third-order valence-corrected chi connectivity index (χ3v) is 3.49. The Balaban J connectivity index is 2.13. The van der Waals surface area contributed by atoms with E-state index in [1.165, 1.54) is 12.1 Å². The lowest BCUT2D eigenvalue weighted by Gasteiger charge is -2.42. The van der Waals surface area contributed by atoms with E-state index in [4.69, 9.17) is 14.7 Å². The molecule has 2 rings (SSSR count). The molecule has 1 aliphatic rings. The highest BCUT2D eigenvalue weighted by molar-refractivity contribution is 5.37. The van der Waals surface area contributed by atoms with Crippen LogP contribution in [-0.2, 0) is 16.0 Å². The first kappa shape index (κ1) is 15.9. The fourth-order valence-corrected chi connectivity index (χ4v) is 2.84. The molecule has 0 radical (unpaired) electrons. The molecule has 1 aromatic rings. The maximum absolute atomic E-state index is 13.2. The normalized spacial score (nSPS) is 22.0. The summed E-state index contributed by atoms with van der Waals surface area (Å²) in [5, 5.41) is 9.13. The van der Waals surface area contributed by atoms with Gasteiger partial charge in [0.2, 0.25) is 0 Å². The number of nitrogens with zero attached hydrogens (tertiary/aromatic N) is 2. The molecule has 1 atom stereocenters. The zero-order valence-corrected chi connectivity index (χ0v) is 12.7. The van der Waals surface area contributed by atoms with E-state index >= 15 is 0 Å². The van der Waals surface area contributed by atoms with E-state index in [2.05, 4.69) is 11.0 Å². The van der Waals surface area contributed by atoms with Crippen molar-refractivity contribution in [3.63, 3.8) is 0 Å². The van der Waals surface area contributed by atoms with Gasteiger partial charge in [0, 0.05) is 26.7 Å². The average Bonchev–Trinajstić information content (AvgIpc) is 2.39. The molecule has 0 N–H and O–H groups in total. The van der Waals surface area contributed by atoms with Crippen LogP contribution in [0.4, 0.5) is 4.39 Å². The predicted molar refractivity (Wildman–Crippen MR) is 77.2 cm³/mol. The van der Waals surface area contributed by atoms with Crippen LogP contribution in [0.5, 0.6) is 0 Å². The van der Waals surface area contributed by atoms with E-state index in [0.29, 0.717) is 18.7 Å². The monoisotopic (exact) mass is 292 g/mol. The van der Waals surface area contributed by atoms with Gasteiger partial charge in [-0.05, 0) is 31.5 Å². The standard InChI is InChI=1S/C16H21FN2O2/c1-16(2)11-19(9-15(21-16)10-20-3)8-12-4-5-14(17)6-13(12)7-18/h4-6,15H,8-11H2,1-3H3/t15-/m1/s1. The Morgan fingerprint density at radius 2 is 2.29 bits per heavy atom. The zero-order chi connectivity index (χ0) is 15.5. The second-order valence-electron chi connectivity index (χ2n) is 6.04. The zero-order valence-electron chi connectivity index (χ0n) is 12.7. The Labute approximate surface area is 125 Å². The molecule has 114 valence electrons. The third kappa shape index (κ3) is 4.24. The van der Waals surface area contributed by atoms with Crippen LogP contribution in [-0.4, -0.2) is 43.4 Å². The molecule has 1 aliphatic heterocycles. The molecule has 1 heterocycles. The molecular weight excluding hydrogens is 271 g/mol. The van der Waals surface area contributed by atoms with E-state index < -0.39 is 0 Å². The Kier molecular flexibility index (Phi) is 4.94. The average molecular weight is 292 g/mol. The van der Waals surface area contributed by atoms with E-state index in [9.17, 15) is 4.39 Å². The van der Waals surface area contributed by atoms with Crippen molar-refractivity contribution >= 4 is 0 Å². The van der Waals surface area contributed by atoms with Gasteiger partial charge in [0.25, 0.3) is 0 Å². The minimum Gasteiger partial charge on any atom is -0.382 e. The molecule has 0 amide bonds. The van der Waals surface area contributed by atoms with Gasteiger partial charge in [-0.2, -0.15) is 5.26 Å². The van der Waals surface area contributed by atoms with Crippen LogP contribution in [0.1, 0.15) is 25.0 Å². The third-order valence-electron chi connectivity index (χ3n) is 3.49. The number of rotatable bonds is 4. The highest BCUT2D eigenvalue weighted by Crippen LogP contribution is 2.23. The highest BCUT2D eigenvalue weighted by Gasteiger charge is 2.33. The molecular formula is C16H21FN2O2. The van der Waals surface area contributed by atoms with Crippen molar-refractivity contribution < 1.29 is 13.9 Å². The second-order valence-corrected chi connectivity index (χ2v) is 6.04. The smallest absolute Gasteiger partial charge is 0.124 e. The van der Waals surface area contributed by atoms with Crippen molar-refractivity contribution in [2.75, 3.05) is 26.8 Å². The van der Waals surface area contributed by atoms with Gasteiger partial charge in [0.05, 0.1) is 29.9 Å². The SMILES string of the molecule is COC[C@H]1CN(Cc2ccc(F)cc2C#N)CC(C)(C)O1. The van der Waals surface area contributed by atoms with Gasteiger partial charge in [0.1, 0.15) is 5.82 Å². The van der Waals surface area contributed by atoms with Crippen LogP contribution in [0.3, 0.4) is 0 Å². The van der Waals surface area contributed by atoms with Gasteiger partial charge in [-0.3, -0.25) is 4.90 Å². The van der Waals surface area contributed by atoms with Gasteiger partial charge in [-0.15, -0.1) is 0 Å². The summed E-state index contributed by atoms with van der Waals surface area (Å²) >= 11 is 0. The van der Waals surface area contributed by atoms with Gasteiger partial charge in [-0.25, -0.2) is 4.39 Å². The predicted octanol–water partition coefficient (Wildman–Crippen LogP) is 2.32. The largest absolute Gasteiger partial charge is 0.382 e. The molecule has 0 aromatic heterocycles. The van der Waals surface area contributed by atoms with Crippen molar-refractivity contribution in [3.05, 3.63) is 35.1 Å². The summed E-state index contributed by atoms with van der Waals surface area (Å²) in [6.07, 6.45) is 0.00438. The topological polar surface area (TPSA) is 45.5 Å². The molecule has 0 aliphatic carbocycles. The molecule has 0 bridgehead atoms. The van der Waals surface area contributed by atoms with E-state index in [-0.39, 0.29) is 17.5 Å². The first-order valence-electron chi connectivity index (χ1n) is 7.01. The molecule has 1 saturated heterocycles. The second kappa shape index (κ2) is 6.52. The minimum atomic E-state index is -0.380. The van der Waals surface area contributed by atoms with Crippen LogP contribution in [0, 0.1) is 17.1 Å². The summed E-state index contributed by atoms with van der Waals surface area (Å²) in [4.78, 5) is 2.22. The van der Waals surface area contributed by atoms with Gasteiger partial charge in [-0.1, -0.05) is 6.07 Å². The lowest BCUT2D eigenvalue weighted by Crippen LogP contribution is -2.53. The fraction of sp³-hybridized carbons (Fsp3) is 0.562. The Hall–Kier alpha value is -1.48. The number of morpholine rings is 1. The van der Waals surface area contributed by atoms with Crippen LogP contribution >= 0.6 is 0 Å². The Bertz CT molecular complexity index is 540. The summed E-state index contributed by atoms with van der Waals surface area (Å²) < 4.78 is 24.3. The van der Waals surface area contributed by atoms with Crippen molar-refractivity contribution in [3.8, 4) is 6.07 Å². The summed E-state index contributed by atoms with van der Waals surface area (Å²) in [5.41, 5.74) is 0.962. The van der Waals surface area contributed by atoms with Crippen LogP contribution in [0.2, 0.25) is 0 Å². The molecule has 0 unspecified atom stereocenters. The van der Waals surface area contributed by atoms with Crippen molar-refractivity contribution in [2.45, 2.75) is 32.1 Å². The maximum Gasteiger partial charge on any atom is 0.124 e. The van der Waals surface area contributed by atoms with E-state index in [1.807, 2.05) is 13.8 Å². The molecule has 4 nitrogen and oxygen atoms in total. The van der Waals surface area contributed by atoms with Crippen LogP contribution in [0.15, 0.2) is 18.2 Å². The fourth-order valence-electron chi connectivity index (χ4n) is 2.84. The van der Waals surface area contributed by atoms with Gasteiger partial charge in [0.15, 0.2) is 0 Å². The quantitative estimate of drug-likeness (QED) is 0.854. The lowest BCUT2D eigenvalue weighted by atomic mass is 10.0. The summed E-state index contributed by atoms with van der Waals surface area (Å²) in [5.74, 6) is -0.380. The van der Waals surface area contributed by atoms with Crippen molar-refractivity contribution in [2.24, 2.45) is 0 Å². The number of nitriles is 1. The van der Waals surface area contributed by atoms with Crippen LogP contribution in [0.25, 0.3) is 0 Å². The summed E-state index contributed by atoms with van der Waals surface area (Å²) in [6, 6.07) is 6.43. The number of benzene rings is 1. The van der Waals surface area contributed by atoms with Gasteiger partial charge >= 0.3 is 0 Å². The summed E-state index contributed by atoms with van der Waals surface area (Å²) in [6.45, 7) is 6.72. The molecule has 5 heteroatoms. The molecule has 0 saturated carbocycles. The maximum atomic E-state index is 13.2. The Morgan fingerprint density at radius 3 is 2.95 bits per heavy atom. The Morgan fingerprint density at radius 1 is 1.52 bits per heavy atom. The van der Waals surface area contributed by atoms with Crippen molar-refractivity contribution in [1.29, 1.82) is 5.26 Å². The number of hydrogen-bond acceptors (Lipinski definition) is 4. The number of hydrogen-bond donors (Lipinski definition) is 0. The number of halogens is 1. The molecule has 1 aromatic carbocycles. The minimum absolute atomic E-state index is 0.00438. The lowest BCUT2D eigenvalue weighted by molar-refractivity contribution is -0.154. The van der Waals surface area contributed by atoms with Crippen LogP contribution < -0.4 is 0 Å². The van der Waals surface area contributed by atoms with Crippen molar-refractivity contribution in [1.82, 2.24) is 4.90 Å². The van der Waals surface area contributed by atoms with Gasteiger partial charge < -0.3 is 9.47 Å². The molecule has 21 heavy (non-hydrogen) atoms. The first-order chi connectivity index (χ1) is 9.93. The first-order valence-corrected chi connectivity index (χ1v) is 7.01.